The van der Waals surface area contributed by atoms with E-state index in [2.05, 4.69) is 43.9 Å². The molecule has 2 aliphatic carbocycles. The van der Waals surface area contributed by atoms with Crippen LogP contribution in [0.1, 0.15) is 179 Å². The van der Waals surface area contributed by atoms with Gasteiger partial charge in [0.15, 0.2) is 0 Å². The van der Waals surface area contributed by atoms with Gasteiger partial charge in [-0.2, -0.15) is 0 Å². The maximum absolute atomic E-state index is 14.4. The number of sulfonamides is 2. The molecule has 4 aromatic carbocycles. The smallest absolute Gasteiger partial charge is 0.411 e. The molecule has 10 amide bonds. The van der Waals surface area contributed by atoms with E-state index in [1.54, 1.807) is 65.8 Å². The maximum Gasteiger partial charge on any atom is 0.411 e. The van der Waals surface area contributed by atoms with Gasteiger partial charge in [-0.3, -0.25) is 58.0 Å². The summed E-state index contributed by atoms with van der Waals surface area (Å²) in [5.41, 5.74) is -3.56. The number of benzene rings is 4. The third-order valence-electron chi connectivity index (χ3n) is 20.6. The molecule has 6 aliphatic rings. The maximum atomic E-state index is 14.4. The molecule has 8 atom stereocenters. The Kier molecular flexibility index (Phi) is 29.5. The van der Waals surface area contributed by atoms with Crippen molar-refractivity contribution in [3.63, 3.8) is 0 Å². The van der Waals surface area contributed by atoms with Gasteiger partial charge >= 0.3 is 36.3 Å². The van der Waals surface area contributed by atoms with Crippen LogP contribution in [0, 0.1) is 23.5 Å². The normalized spacial score (nSPS) is 21.0. The molecule has 634 valence electrons. The van der Waals surface area contributed by atoms with Gasteiger partial charge in [0.2, 0.25) is 23.6 Å². The van der Waals surface area contributed by atoms with Crippen molar-refractivity contribution in [3.8, 4) is 0 Å². The quantitative estimate of drug-likeness (QED) is 0.0103. The highest BCUT2D eigenvalue weighted by Gasteiger charge is 2.63. The van der Waals surface area contributed by atoms with Crippen molar-refractivity contribution in [2.45, 2.75) is 240 Å². The highest BCUT2D eigenvalue weighted by molar-refractivity contribution is 7.90. The van der Waals surface area contributed by atoms with E-state index in [0.717, 1.165) is 35.5 Å². The number of rotatable bonds is 32. The number of nitrogens with one attached hydrogen (secondary N) is 6. The second-order valence-electron chi connectivity index (χ2n) is 31.7. The van der Waals surface area contributed by atoms with Gasteiger partial charge in [-0.1, -0.05) is 99.2 Å². The SMILES string of the molecule is C=C[C@@H]1C[C@]1(NC(=O)[C@@H]1C[C@@H](OC(=O)N2Cc3cccc(F)c3C2)CN1C(=O)OC(C)(C)C)C(=O)NS(=O)(=O)c1ccccc1NC(=O)CCCCCCCC(=O)O.C=C[C@@H]1C[C@]1(NC(=O)[C@@H]1C[C@@H](OC(=O)N2Cc3cccc(F)c3C2)CN1C(=O)OC(C)(C)C)C(=O)NS(=O)(=O)c1ccccc1NC(=O)CCCCCCCC(=O)OC. The summed E-state index contributed by atoms with van der Waals surface area (Å²) in [5, 5.41) is 19.3. The van der Waals surface area contributed by atoms with E-state index in [0.29, 0.717) is 67.2 Å². The largest absolute Gasteiger partial charge is 0.481 e. The average Bonchev–Trinajstić information content (AvgIpc) is 1.58. The number of unbranched alkanes of at least 4 members (excludes halogenated alkanes) is 8. The zero-order valence-corrected chi connectivity index (χ0v) is 68.1. The van der Waals surface area contributed by atoms with E-state index in [4.69, 9.17) is 24.1 Å². The van der Waals surface area contributed by atoms with Crippen LogP contribution >= 0.6 is 0 Å². The van der Waals surface area contributed by atoms with Gasteiger partial charge in [-0.25, -0.2) is 54.2 Å². The molecule has 4 fully saturated rings. The number of ether oxygens (including phenoxy) is 5. The number of likely N-dealkylation sites (tertiary alicyclic amines) is 2. The highest BCUT2D eigenvalue weighted by Crippen LogP contribution is 2.47. The molecule has 32 nitrogen and oxygen atoms in total. The number of amides is 10. The number of para-hydroxylation sites is 2. The van der Waals surface area contributed by atoms with Crippen molar-refractivity contribution in [2.75, 3.05) is 30.8 Å². The standard InChI is InChI=1S/C41H52FN5O11S.C40H50FN5O11S/c1-6-27-22-41(27,37(51)45-59(54,55)33-18-13-12-17-31(33)43-34(48)19-10-8-7-9-11-20-35(49)56-5)44-36(50)32-21-28(24-47(32)39(53)58-40(2,3)4)57-38(52)46-23-26-15-14-16-30(42)29(26)25-46;1-5-26-21-40(26,36(51)44-58(54,55)32-17-12-11-16-30(32)42-33(47)18-9-7-6-8-10-19-34(48)49)43-35(50)31-20-27(23-46(31)38(53)57-39(2,3)4)56-37(52)45-22-25-14-13-15-29(41)28(25)24-45/h6,12-18,27-28,32H,1,7-11,19-25H2,2-5H3,(H,43,48)(H,44,50)(H,45,51);5,11-17,26-27,31H,1,6-10,18-24H2,2-4H3,(H,42,47)(H,43,50)(H,44,51)(H,48,49)/t27-,28-,32+,41-;26-,27-,31+,40-/m11/s1. The second kappa shape index (κ2) is 38.4. The molecule has 0 bridgehead atoms. The molecule has 7 N–H and O–H groups in total. The number of carbonyl (C=O) groups is 12. The number of nitrogens with zero attached hydrogens (tertiary/aromatic N) is 4. The number of hydrogen-bond donors (Lipinski definition) is 7. The first-order chi connectivity index (χ1) is 55.2. The van der Waals surface area contributed by atoms with Crippen LogP contribution in [0.2, 0.25) is 0 Å². The number of anilines is 2. The van der Waals surface area contributed by atoms with Gasteiger partial charge in [0, 0.05) is 74.6 Å². The lowest BCUT2D eigenvalue weighted by atomic mass is 10.1. The molecule has 2 saturated heterocycles. The molecular weight excluding hydrogens is 1570 g/mol. The lowest BCUT2D eigenvalue weighted by molar-refractivity contribution is -0.141. The van der Waals surface area contributed by atoms with Gasteiger partial charge < -0.3 is 50.1 Å². The number of methoxy groups -OCH3 is 1. The molecule has 4 aromatic rings. The molecular formula is C81H102F2N10O22S2. The first-order valence-electron chi connectivity index (χ1n) is 38.7. The Balaban J connectivity index is 0.000000267. The van der Waals surface area contributed by atoms with Gasteiger partial charge in [-0.05, 0) is 128 Å². The fourth-order valence-corrected chi connectivity index (χ4v) is 16.7. The molecule has 2 saturated carbocycles. The molecule has 0 aromatic heterocycles. The Morgan fingerprint density at radius 3 is 1.22 bits per heavy atom. The summed E-state index contributed by atoms with van der Waals surface area (Å²) < 4.78 is 115. The number of halogens is 2. The van der Waals surface area contributed by atoms with Crippen LogP contribution in [0.25, 0.3) is 0 Å². The fraction of sp³-hybridized carbons (Fsp3) is 0.506. The van der Waals surface area contributed by atoms with Crippen LogP contribution in [-0.2, 0) is 108 Å². The van der Waals surface area contributed by atoms with Crippen molar-refractivity contribution in [3.05, 3.63) is 144 Å². The summed E-state index contributed by atoms with van der Waals surface area (Å²) >= 11 is 0. The Labute approximate surface area is 677 Å². The molecule has 0 unspecified atom stereocenters. The van der Waals surface area contributed by atoms with E-state index in [9.17, 15) is 83.2 Å². The zero-order valence-electron chi connectivity index (χ0n) is 66.5. The first kappa shape index (κ1) is 89.9. The number of aliphatic carboxylic acids is 1. The summed E-state index contributed by atoms with van der Waals surface area (Å²) in [6.45, 7) is 17.0. The Morgan fingerprint density at radius 2 is 0.872 bits per heavy atom. The average molecular weight is 1670 g/mol. The summed E-state index contributed by atoms with van der Waals surface area (Å²) in [4.78, 5) is 160. The molecule has 10 rings (SSSR count). The summed E-state index contributed by atoms with van der Waals surface area (Å²) in [6, 6.07) is 17.6. The number of fused-ring (bicyclic) bond motifs is 2. The summed E-state index contributed by atoms with van der Waals surface area (Å²) in [6.07, 6.45) is 4.46. The highest BCUT2D eigenvalue weighted by atomic mass is 32.2. The van der Waals surface area contributed by atoms with E-state index in [1.165, 1.54) is 89.7 Å². The minimum atomic E-state index is -4.62. The van der Waals surface area contributed by atoms with Gasteiger partial charge in [0.05, 0.1) is 44.7 Å². The van der Waals surface area contributed by atoms with E-state index in [-0.39, 0.29) is 111 Å². The predicted molar refractivity (Wildman–Crippen MR) is 418 cm³/mol. The molecule has 0 radical (unpaired) electrons. The lowest BCUT2D eigenvalue weighted by Crippen LogP contribution is -2.56. The third kappa shape index (κ3) is 23.6. The Hall–Kier alpha value is -11.0. The fourth-order valence-electron chi connectivity index (χ4n) is 14.3. The van der Waals surface area contributed by atoms with E-state index in [1.807, 2.05) is 4.72 Å². The van der Waals surface area contributed by atoms with Crippen molar-refractivity contribution < 1.29 is 112 Å². The van der Waals surface area contributed by atoms with E-state index < -0.39 is 156 Å². The lowest BCUT2D eigenvalue weighted by Gasteiger charge is -2.29. The predicted octanol–water partition coefficient (Wildman–Crippen LogP) is 10.0. The van der Waals surface area contributed by atoms with E-state index >= 15 is 0 Å². The minimum Gasteiger partial charge on any atom is -0.481 e. The third-order valence-corrected chi connectivity index (χ3v) is 23.3. The van der Waals surface area contributed by atoms with Crippen LogP contribution < -0.4 is 30.7 Å². The van der Waals surface area contributed by atoms with Crippen LogP contribution in [0.15, 0.2) is 120 Å². The van der Waals surface area contributed by atoms with Gasteiger partial charge in [0.25, 0.3) is 31.9 Å². The van der Waals surface area contributed by atoms with Crippen LogP contribution in [0.4, 0.5) is 39.3 Å². The molecule has 4 heterocycles. The zero-order chi connectivity index (χ0) is 85.5. The Bertz CT molecular complexity index is 4710. The van der Waals surface area contributed by atoms with Crippen LogP contribution in [0.3, 0.4) is 0 Å². The molecule has 4 aliphatic heterocycles. The summed E-state index contributed by atoms with van der Waals surface area (Å²) in [5.74, 6) is -8.07. The van der Waals surface area contributed by atoms with Crippen molar-refractivity contribution in [2.24, 2.45) is 11.8 Å². The molecule has 117 heavy (non-hydrogen) atoms. The second-order valence-corrected chi connectivity index (χ2v) is 35.0. The monoisotopic (exact) mass is 1670 g/mol. The van der Waals surface area contributed by atoms with Gasteiger partial charge in [0.1, 0.15) is 68.0 Å². The molecule has 0 spiro atoms. The summed E-state index contributed by atoms with van der Waals surface area (Å²) in [7, 11) is -7.90. The van der Waals surface area contributed by atoms with Crippen LogP contribution in [0.5, 0.6) is 0 Å². The van der Waals surface area contributed by atoms with Crippen molar-refractivity contribution >= 4 is 103 Å². The number of esters is 1. The number of carbonyl (C=O) groups excluding carboxylic acids is 11. The van der Waals surface area contributed by atoms with Crippen molar-refractivity contribution in [1.82, 2.24) is 39.7 Å². The van der Waals surface area contributed by atoms with Crippen molar-refractivity contribution in [1.29, 1.82) is 0 Å². The first-order valence-corrected chi connectivity index (χ1v) is 41.7. The minimum absolute atomic E-state index is 0.00564. The number of carboxylic acids is 1. The number of hydrogen-bond acceptors (Lipinski definition) is 21. The van der Waals surface area contributed by atoms with Crippen LogP contribution in [-0.4, -0.2) is 180 Å². The Morgan fingerprint density at radius 1 is 0.504 bits per heavy atom. The topological polar surface area (TPSA) is 425 Å². The number of carboxylic acid groups (broad SMARTS) is 1. The molecule has 36 heteroatoms. The van der Waals surface area contributed by atoms with Gasteiger partial charge in [-0.15, -0.1) is 13.2 Å².